The maximum absolute atomic E-state index is 5.74. The van der Waals surface area contributed by atoms with Gasteiger partial charge in [0.15, 0.2) is 0 Å². The number of aromatic nitrogens is 1. The highest BCUT2D eigenvalue weighted by Crippen LogP contribution is 2.18. The monoisotopic (exact) mass is 274 g/mol. The van der Waals surface area contributed by atoms with Gasteiger partial charge in [0, 0.05) is 17.3 Å². The zero-order chi connectivity index (χ0) is 12.9. The molecule has 1 aromatic rings. The molecular weight excluding hydrogens is 252 g/mol. The molecule has 2 nitrogen and oxygen atoms in total. The first-order valence-corrected chi connectivity index (χ1v) is 7.61. The van der Waals surface area contributed by atoms with Crippen LogP contribution in [0.3, 0.4) is 0 Å². The Kier molecular flexibility index (Phi) is 5.90. The third-order valence-electron chi connectivity index (χ3n) is 3.52. The summed E-state index contributed by atoms with van der Waals surface area (Å²) >= 11 is 7.46. The van der Waals surface area contributed by atoms with E-state index in [1.807, 2.05) is 0 Å². The lowest BCUT2D eigenvalue weighted by Crippen LogP contribution is -2.41. The molecule has 98 valence electrons. The summed E-state index contributed by atoms with van der Waals surface area (Å²) in [7, 11) is 2.20. The molecule has 0 fully saturated rings. The van der Waals surface area contributed by atoms with Crippen molar-refractivity contribution < 1.29 is 0 Å². The van der Waals surface area contributed by atoms with Crippen molar-refractivity contribution in [3.05, 3.63) is 16.1 Å². The molecule has 1 heterocycles. The summed E-state index contributed by atoms with van der Waals surface area (Å²) in [5, 5.41) is 3.27. The Hall–Kier alpha value is -0.120. The van der Waals surface area contributed by atoms with Gasteiger partial charge in [-0.25, -0.2) is 4.98 Å². The van der Waals surface area contributed by atoms with Crippen LogP contribution in [-0.4, -0.2) is 29.0 Å². The van der Waals surface area contributed by atoms with E-state index in [1.165, 1.54) is 11.4 Å². The van der Waals surface area contributed by atoms with Crippen molar-refractivity contribution in [2.75, 3.05) is 13.6 Å². The molecule has 0 saturated carbocycles. The third-order valence-corrected chi connectivity index (χ3v) is 4.75. The van der Waals surface area contributed by atoms with Crippen molar-refractivity contribution >= 4 is 22.9 Å². The number of alkyl halides is 1. The van der Waals surface area contributed by atoms with Crippen LogP contribution in [0.25, 0.3) is 0 Å². The van der Waals surface area contributed by atoms with E-state index in [2.05, 4.69) is 43.1 Å². The number of rotatable bonds is 7. The molecule has 1 aromatic heterocycles. The third kappa shape index (κ3) is 4.57. The standard InChI is InChI=1S/C13H23ClN2S/c1-5-13(2,3)16(4)8-6-7-12-15-11(9-14)10-17-12/h10H,5-9H2,1-4H3. The molecule has 0 saturated heterocycles. The second-order valence-corrected chi connectivity index (χ2v) is 6.27. The van der Waals surface area contributed by atoms with Crippen LogP contribution in [0.15, 0.2) is 5.38 Å². The molecule has 0 amide bonds. The predicted molar refractivity (Wildman–Crippen MR) is 77.0 cm³/mol. The molecule has 0 spiro atoms. The summed E-state index contributed by atoms with van der Waals surface area (Å²) < 4.78 is 0. The number of aryl methyl sites for hydroxylation is 1. The van der Waals surface area contributed by atoms with Crippen molar-refractivity contribution in [1.82, 2.24) is 9.88 Å². The number of halogens is 1. The number of hydrogen-bond donors (Lipinski definition) is 0. The average Bonchev–Trinajstić information content (AvgIpc) is 2.76. The summed E-state index contributed by atoms with van der Waals surface area (Å²) in [6.45, 7) is 7.95. The van der Waals surface area contributed by atoms with Crippen molar-refractivity contribution in [2.24, 2.45) is 0 Å². The van der Waals surface area contributed by atoms with Gasteiger partial charge in [-0.1, -0.05) is 6.92 Å². The predicted octanol–water partition coefficient (Wildman–Crippen LogP) is 3.93. The Morgan fingerprint density at radius 2 is 2.18 bits per heavy atom. The van der Waals surface area contributed by atoms with Crippen molar-refractivity contribution in [3.63, 3.8) is 0 Å². The summed E-state index contributed by atoms with van der Waals surface area (Å²) in [6, 6.07) is 0. The molecule has 17 heavy (non-hydrogen) atoms. The fourth-order valence-electron chi connectivity index (χ4n) is 1.57. The summed E-state index contributed by atoms with van der Waals surface area (Å²) in [5.74, 6) is 0.527. The Morgan fingerprint density at radius 1 is 1.47 bits per heavy atom. The fourth-order valence-corrected chi connectivity index (χ4v) is 2.63. The molecule has 0 bridgehead atoms. The minimum absolute atomic E-state index is 0.296. The van der Waals surface area contributed by atoms with Crippen LogP contribution in [0.2, 0.25) is 0 Å². The SMILES string of the molecule is CCC(C)(C)N(C)CCCc1nc(CCl)cs1. The second kappa shape index (κ2) is 6.72. The van der Waals surface area contributed by atoms with E-state index in [-0.39, 0.29) is 0 Å². The summed E-state index contributed by atoms with van der Waals surface area (Å²) in [6.07, 6.45) is 3.40. The fraction of sp³-hybridized carbons (Fsp3) is 0.769. The molecule has 0 atom stereocenters. The van der Waals surface area contributed by atoms with Gasteiger partial charge in [-0.3, -0.25) is 0 Å². The molecule has 0 aliphatic carbocycles. The maximum Gasteiger partial charge on any atom is 0.0929 e. The normalized spacial score (nSPS) is 12.4. The van der Waals surface area contributed by atoms with Crippen molar-refractivity contribution in [3.8, 4) is 0 Å². The largest absolute Gasteiger partial charge is 0.301 e. The molecule has 1 rings (SSSR count). The maximum atomic E-state index is 5.74. The van der Waals surface area contributed by atoms with E-state index in [0.29, 0.717) is 11.4 Å². The van der Waals surface area contributed by atoms with Crippen LogP contribution in [0.5, 0.6) is 0 Å². The minimum Gasteiger partial charge on any atom is -0.301 e. The first-order chi connectivity index (χ1) is 7.99. The van der Waals surface area contributed by atoms with Gasteiger partial charge in [-0.2, -0.15) is 0 Å². The van der Waals surface area contributed by atoms with Gasteiger partial charge in [0.25, 0.3) is 0 Å². The Morgan fingerprint density at radius 3 is 2.71 bits per heavy atom. The topological polar surface area (TPSA) is 16.1 Å². The van der Waals surface area contributed by atoms with Gasteiger partial charge >= 0.3 is 0 Å². The van der Waals surface area contributed by atoms with Gasteiger partial charge in [-0.15, -0.1) is 22.9 Å². The van der Waals surface area contributed by atoms with E-state index in [0.717, 1.165) is 25.1 Å². The van der Waals surface area contributed by atoms with Gasteiger partial charge in [0.05, 0.1) is 16.6 Å². The van der Waals surface area contributed by atoms with Crippen LogP contribution in [0.4, 0.5) is 0 Å². The zero-order valence-electron chi connectivity index (χ0n) is 11.3. The Balaban J connectivity index is 2.32. The lowest BCUT2D eigenvalue weighted by atomic mass is 10.00. The molecule has 0 radical (unpaired) electrons. The van der Waals surface area contributed by atoms with Gasteiger partial charge in [0.1, 0.15) is 0 Å². The second-order valence-electron chi connectivity index (χ2n) is 5.06. The first-order valence-electron chi connectivity index (χ1n) is 6.20. The lowest BCUT2D eigenvalue weighted by molar-refractivity contribution is 0.149. The average molecular weight is 275 g/mol. The first kappa shape index (κ1) is 14.9. The van der Waals surface area contributed by atoms with Crippen LogP contribution < -0.4 is 0 Å². The molecule has 0 N–H and O–H groups in total. The minimum atomic E-state index is 0.296. The molecule has 4 heteroatoms. The Labute approximate surface area is 114 Å². The lowest BCUT2D eigenvalue weighted by Gasteiger charge is -2.34. The molecule has 0 aliphatic rings. The number of nitrogens with zero attached hydrogens (tertiary/aromatic N) is 2. The zero-order valence-corrected chi connectivity index (χ0v) is 12.9. The highest BCUT2D eigenvalue weighted by Gasteiger charge is 2.20. The summed E-state index contributed by atoms with van der Waals surface area (Å²) in [5.41, 5.74) is 1.30. The van der Waals surface area contributed by atoms with E-state index in [1.54, 1.807) is 11.3 Å². The number of thiazole rings is 1. The van der Waals surface area contributed by atoms with Crippen molar-refractivity contribution in [1.29, 1.82) is 0 Å². The highest BCUT2D eigenvalue weighted by molar-refractivity contribution is 7.09. The Bertz CT molecular complexity index is 336. The van der Waals surface area contributed by atoms with E-state index >= 15 is 0 Å². The molecule has 0 unspecified atom stereocenters. The quantitative estimate of drug-likeness (QED) is 0.700. The van der Waals surface area contributed by atoms with Crippen LogP contribution in [0, 0.1) is 0 Å². The molecule has 0 aromatic carbocycles. The summed E-state index contributed by atoms with van der Waals surface area (Å²) in [4.78, 5) is 6.91. The van der Waals surface area contributed by atoms with Gasteiger partial charge < -0.3 is 4.90 Å². The molecule has 0 aliphatic heterocycles. The smallest absolute Gasteiger partial charge is 0.0929 e. The highest BCUT2D eigenvalue weighted by atomic mass is 35.5. The van der Waals surface area contributed by atoms with Crippen LogP contribution in [-0.2, 0) is 12.3 Å². The molecular formula is C13H23ClN2S. The van der Waals surface area contributed by atoms with E-state index in [4.69, 9.17) is 11.6 Å². The van der Waals surface area contributed by atoms with E-state index < -0.39 is 0 Å². The van der Waals surface area contributed by atoms with E-state index in [9.17, 15) is 0 Å². The van der Waals surface area contributed by atoms with Crippen LogP contribution >= 0.6 is 22.9 Å². The van der Waals surface area contributed by atoms with Gasteiger partial charge in [0.2, 0.25) is 0 Å². The van der Waals surface area contributed by atoms with Crippen molar-refractivity contribution in [2.45, 2.75) is 51.5 Å². The number of hydrogen-bond acceptors (Lipinski definition) is 3. The van der Waals surface area contributed by atoms with Gasteiger partial charge in [-0.05, 0) is 40.3 Å². The van der Waals surface area contributed by atoms with Crippen LogP contribution in [0.1, 0.15) is 44.3 Å².